The van der Waals surface area contributed by atoms with Crippen LogP contribution in [0, 0.1) is 12.7 Å². The van der Waals surface area contributed by atoms with E-state index in [1.165, 1.54) is 29.8 Å². The summed E-state index contributed by atoms with van der Waals surface area (Å²) in [4.78, 5) is 31.8. The Labute approximate surface area is 183 Å². The van der Waals surface area contributed by atoms with E-state index in [-0.39, 0.29) is 17.6 Å². The Kier molecular flexibility index (Phi) is 6.66. The van der Waals surface area contributed by atoms with E-state index in [4.69, 9.17) is 0 Å². The van der Waals surface area contributed by atoms with E-state index in [2.05, 4.69) is 36.1 Å². The summed E-state index contributed by atoms with van der Waals surface area (Å²) in [5.74, 6) is -0.253. The van der Waals surface area contributed by atoms with Crippen molar-refractivity contribution < 1.29 is 14.0 Å². The minimum absolute atomic E-state index is 0.0767. The predicted octanol–water partition coefficient (Wildman–Crippen LogP) is 3.47. The third-order valence-electron chi connectivity index (χ3n) is 6.11. The van der Waals surface area contributed by atoms with Gasteiger partial charge in [0.1, 0.15) is 5.82 Å². The molecule has 0 aromatic heterocycles. The Bertz CT molecular complexity index is 909. The Morgan fingerprint density at radius 2 is 1.68 bits per heavy atom. The van der Waals surface area contributed by atoms with Crippen molar-refractivity contribution in [3.8, 4) is 0 Å². The van der Waals surface area contributed by atoms with E-state index in [1.807, 2.05) is 9.80 Å². The zero-order valence-corrected chi connectivity index (χ0v) is 18.1. The zero-order valence-electron chi connectivity index (χ0n) is 18.1. The van der Waals surface area contributed by atoms with E-state index in [0.717, 1.165) is 31.4 Å². The van der Waals surface area contributed by atoms with Crippen molar-refractivity contribution in [2.45, 2.75) is 38.8 Å². The number of hydrogen-bond donors (Lipinski definition) is 0. The molecule has 6 heteroatoms. The third kappa shape index (κ3) is 5.70. The van der Waals surface area contributed by atoms with Gasteiger partial charge in [-0.25, -0.2) is 4.39 Å². The van der Waals surface area contributed by atoms with Crippen molar-refractivity contribution >= 4 is 11.8 Å². The van der Waals surface area contributed by atoms with Crippen molar-refractivity contribution in [3.63, 3.8) is 0 Å². The zero-order chi connectivity index (χ0) is 21.8. The topological polar surface area (TPSA) is 43.9 Å². The van der Waals surface area contributed by atoms with Crippen LogP contribution in [-0.4, -0.2) is 65.3 Å². The number of carbonyl (C=O) groups is 2. The minimum atomic E-state index is -0.344. The summed E-state index contributed by atoms with van der Waals surface area (Å²) in [6.45, 7) is 5.80. The van der Waals surface area contributed by atoms with Crippen molar-refractivity contribution in [2.24, 2.45) is 0 Å². The number of hydrogen-bond acceptors (Lipinski definition) is 3. The van der Waals surface area contributed by atoms with Crippen LogP contribution in [-0.2, 0) is 11.3 Å². The standard InChI is InChI=1S/C25H30FN3O2/c1-19-3-5-20(6-4-19)17-29(23-11-12-23)24(30)18-27-13-2-14-28(16-15-27)25(31)21-7-9-22(26)10-8-21/h3-10,23H,2,11-18H2,1H3. The molecular formula is C25H30FN3O2. The highest BCUT2D eigenvalue weighted by Crippen LogP contribution is 2.28. The van der Waals surface area contributed by atoms with Crippen molar-refractivity contribution in [1.82, 2.24) is 14.7 Å². The second-order valence-corrected chi connectivity index (χ2v) is 8.67. The lowest BCUT2D eigenvalue weighted by Gasteiger charge is -2.27. The Balaban J connectivity index is 1.33. The van der Waals surface area contributed by atoms with E-state index < -0.39 is 0 Å². The molecule has 0 unspecified atom stereocenters. The van der Waals surface area contributed by atoms with Gasteiger partial charge in [0.15, 0.2) is 0 Å². The lowest BCUT2D eigenvalue weighted by molar-refractivity contribution is -0.133. The molecule has 5 nitrogen and oxygen atoms in total. The maximum Gasteiger partial charge on any atom is 0.253 e. The molecule has 2 amide bonds. The monoisotopic (exact) mass is 423 g/mol. The quantitative estimate of drug-likeness (QED) is 0.715. The molecule has 2 aromatic rings. The van der Waals surface area contributed by atoms with E-state index >= 15 is 0 Å². The molecule has 1 heterocycles. The second-order valence-electron chi connectivity index (χ2n) is 8.67. The molecule has 1 aliphatic carbocycles. The molecule has 2 fully saturated rings. The molecule has 0 atom stereocenters. The lowest BCUT2D eigenvalue weighted by Crippen LogP contribution is -2.42. The molecule has 164 valence electrons. The number of benzene rings is 2. The molecule has 1 saturated heterocycles. The van der Waals surface area contributed by atoms with Crippen LogP contribution in [0.3, 0.4) is 0 Å². The molecule has 1 aliphatic heterocycles. The van der Waals surface area contributed by atoms with Crippen LogP contribution in [0.2, 0.25) is 0 Å². The largest absolute Gasteiger partial charge is 0.337 e. The van der Waals surface area contributed by atoms with E-state index in [0.29, 0.717) is 44.3 Å². The predicted molar refractivity (Wildman–Crippen MR) is 118 cm³/mol. The fourth-order valence-corrected chi connectivity index (χ4v) is 4.09. The summed E-state index contributed by atoms with van der Waals surface area (Å²) in [5.41, 5.74) is 2.89. The fourth-order valence-electron chi connectivity index (χ4n) is 4.09. The van der Waals surface area contributed by atoms with Gasteiger partial charge in [-0.1, -0.05) is 29.8 Å². The van der Waals surface area contributed by atoms with Gasteiger partial charge in [0.05, 0.1) is 6.54 Å². The molecule has 31 heavy (non-hydrogen) atoms. The Hall–Kier alpha value is -2.73. The molecule has 0 N–H and O–H groups in total. The molecule has 2 aliphatic rings. The third-order valence-corrected chi connectivity index (χ3v) is 6.11. The van der Waals surface area contributed by atoms with Gasteiger partial charge < -0.3 is 9.80 Å². The van der Waals surface area contributed by atoms with Crippen LogP contribution in [0.1, 0.15) is 40.7 Å². The highest BCUT2D eigenvalue weighted by Gasteiger charge is 2.33. The van der Waals surface area contributed by atoms with Gasteiger partial charge in [-0.2, -0.15) is 0 Å². The molecule has 0 radical (unpaired) electrons. The van der Waals surface area contributed by atoms with Gasteiger partial charge in [0.2, 0.25) is 5.91 Å². The molecule has 0 spiro atoms. The summed E-state index contributed by atoms with van der Waals surface area (Å²) in [5, 5.41) is 0. The first-order valence-electron chi connectivity index (χ1n) is 11.1. The SMILES string of the molecule is Cc1ccc(CN(C(=O)CN2CCCN(C(=O)c3ccc(F)cc3)CC2)C2CC2)cc1. The van der Waals surface area contributed by atoms with Crippen LogP contribution >= 0.6 is 0 Å². The van der Waals surface area contributed by atoms with Crippen LogP contribution in [0.5, 0.6) is 0 Å². The van der Waals surface area contributed by atoms with Gasteiger partial charge in [0, 0.05) is 44.3 Å². The average molecular weight is 424 g/mol. The summed E-state index contributed by atoms with van der Waals surface area (Å²) in [6, 6.07) is 14.4. The maximum absolute atomic E-state index is 13.1. The van der Waals surface area contributed by atoms with Gasteiger partial charge >= 0.3 is 0 Å². The smallest absolute Gasteiger partial charge is 0.253 e. The van der Waals surface area contributed by atoms with Crippen LogP contribution in [0.4, 0.5) is 4.39 Å². The first-order valence-corrected chi connectivity index (χ1v) is 11.1. The average Bonchev–Trinajstić information content (AvgIpc) is 3.61. The van der Waals surface area contributed by atoms with Gasteiger partial charge in [-0.3, -0.25) is 14.5 Å². The number of rotatable bonds is 6. The molecule has 1 saturated carbocycles. The molecule has 4 rings (SSSR count). The van der Waals surface area contributed by atoms with Crippen molar-refractivity contribution in [1.29, 1.82) is 0 Å². The fraction of sp³-hybridized carbons (Fsp3) is 0.440. The normalized spacial score (nSPS) is 17.3. The molecular weight excluding hydrogens is 393 g/mol. The Morgan fingerprint density at radius 3 is 2.35 bits per heavy atom. The van der Waals surface area contributed by atoms with E-state index in [9.17, 15) is 14.0 Å². The second kappa shape index (κ2) is 9.60. The first kappa shape index (κ1) is 21.5. The van der Waals surface area contributed by atoms with Crippen LogP contribution < -0.4 is 0 Å². The number of amides is 2. The number of nitrogens with zero attached hydrogens (tertiary/aromatic N) is 3. The van der Waals surface area contributed by atoms with Gasteiger partial charge in [-0.15, -0.1) is 0 Å². The number of halogens is 1. The Morgan fingerprint density at radius 1 is 0.968 bits per heavy atom. The van der Waals surface area contributed by atoms with Crippen molar-refractivity contribution in [2.75, 3.05) is 32.7 Å². The maximum atomic E-state index is 13.1. The molecule has 2 aromatic carbocycles. The van der Waals surface area contributed by atoms with Crippen LogP contribution in [0.15, 0.2) is 48.5 Å². The van der Waals surface area contributed by atoms with E-state index in [1.54, 1.807) is 0 Å². The lowest BCUT2D eigenvalue weighted by atomic mass is 10.1. The minimum Gasteiger partial charge on any atom is -0.337 e. The van der Waals surface area contributed by atoms with Gasteiger partial charge in [0.25, 0.3) is 5.91 Å². The highest BCUT2D eigenvalue weighted by atomic mass is 19.1. The molecule has 0 bridgehead atoms. The summed E-state index contributed by atoms with van der Waals surface area (Å²) in [7, 11) is 0. The number of aryl methyl sites for hydroxylation is 1. The van der Waals surface area contributed by atoms with Crippen molar-refractivity contribution in [3.05, 3.63) is 71.0 Å². The van der Waals surface area contributed by atoms with Gasteiger partial charge in [-0.05, 0) is 56.0 Å². The van der Waals surface area contributed by atoms with Crippen LogP contribution in [0.25, 0.3) is 0 Å². The summed E-state index contributed by atoms with van der Waals surface area (Å²) < 4.78 is 13.1. The summed E-state index contributed by atoms with van der Waals surface area (Å²) in [6.07, 6.45) is 2.98. The highest BCUT2D eigenvalue weighted by molar-refractivity contribution is 5.94. The number of carbonyl (C=O) groups excluding carboxylic acids is 2. The first-order chi connectivity index (χ1) is 15.0. The summed E-state index contributed by atoms with van der Waals surface area (Å²) >= 11 is 0.